The standard InChI is InChI=1S/C18H27NO5S/c1-13(2)11-15(12-20)19(17(21)24-18(4,5)6)25(22,23)16-9-7-14(3)8-10-16/h7-10,12-13,15H,11H2,1-6H3/t15-/m1/s1. The van der Waals surface area contributed by atoms with Crippen LogP contribution in [0.5, 0.6) is 0 Å². The number of rotatable bonds is 6. The molecule has 0 spiro atoms. The van der Waals surface area contributed by atoms with Crippen molar-refractivity contribution in [2.24, 2.45) is 5.92 Å². The maximum atomic E-state index is 13.0. The molecule has 0 unspecified atom stereocenters. The molecule has 1 atom stereocenters. The second-order valence-corrected chi connectivity index (χ2v) is 9.24. The van der Waals surface area contributed by atoms with Crippen molar-refractivity contribution in [3.63, 3.8) is 0 Å². The largest absolute Gasteiger partial charge is 0.443 e. The van der Waals surface area contributed by atoms with Crippen molar-refractivity contribution in [1.82, 2.24) is 4.31 Å². The van der Waals surface area contributed by atoms with Crippen LogP contribution in [-0.2, 0) is 19.6 Å². The number of carbonyl (C=O) groups excluding carboxylic acids is 2. The summed E-state index contributed by atoms with van der Waals surface area (Å²) < 4.78 is 31.8. The Morgan fingerprint density at radius 1 is 1.20 bits per heavy atom. The molecule has 140 valence electrons. The van der Waals surface area contributed by atoms with Crippen LogP contribution in [0.1, 0.15) is 46.6 Å². The Kier molecular flexibility index (Phi) is 6.76. The van der Waals surface area contributed by atoms with E-state index < -0.39 is 27.8 Å². The number of amides is 1. The number of hydrogen-bond acceptors (Lipinski definition) is 5. The van der Waals surface area contributed by atoms with E-state index in [-0.39, 0.29) is 17.2 Å². The average Bonchev–Trinajstić information content (AvgIpc) is 2.44. The number of sulfonamides is 1. The van der Waals surface area contributed by atoms with Gasteiger partial charge in [0.1, 0.15) is 17.9 Å². The molecule has 0 aromatic heterocycles. The molecule has 1 amide bonds. The van der Waals surface area contributed by atoms with Gasteiger partial charge in [0.05, 0.1) is 4.90 Å². The fourth-order valence-corrected chi connectivity index (χ4v) is 3.66. The van der Waals surface area contributed by atoms with Crippen LogP contribution in [0.25, 0.3) is 0 Å². The molecule has 0 fully saturated rings. The lowest BCUT2D eigenvalue weighted by Gasteiger charge is -2.31. The molecule has 0 bridgehead atoms. The van der Waals surface area contributed by atoms with Gasteiger partial charge in [0.25, 0.3) is 10.0 Å². The third-order valence-corrected chi connectivity index (χ3v) is 5.13. The van der Waals surface area contributed by atoms with Gasteiger partial charge in [0, 0.05) is 0 Å². The number of benzene rings is 1. The molecule has 7 heteroatoms. The lowest BCUT2D eigenvalue weighted by Crippen LogP contribution is -2.48. The Labute approximate surface area is 150 Å². The molecule has 0 heterocycles. The van der Waals surface area contributed by atoms with Crippen LogP contribution in [0.2, 0.25) is 0 Å². The Balaban J connectivity index is 3.40. The van der Waals surface area contributed by atoms with Crippen molar-refractivity contribution in [2.75, 3.05) is 0 Å². The zero-order chi connectivity index (χ0) is 19.4. The van der Waals surface area contributed by atoms with Crippen molar-refractivity contribution in [3.05, 3.63) is 29.8 Å². The molecule has 0 radical (unpaired) electrons. The fraction of sp³-hybridized carbons (Fsp3) is 0.556. The zero-order valence-corrected chi connectivity index (χ0v) is 16.5. The van der Waals surface area contributed by atoms with Gasteiger partial charge in [0.2, 0.25) is 0 Å². The van der Waals surface area contributed by atoms with Crippen molar-refractivity contribution in [2.45, 2.75) is 64.5 Å². The van der Waals surface area contributed by atoms with Crippen LogP contribution in [0.4, 0.5) is 4.79 Å². The summed E-state index contributed by atoms with van der Waals surface area (Å²) >= 11 is 0. The van der Waals surface area contributed by atoms with Crippen molar-refractivity contribution >= 4 is 22.4 Å². The minimum atomic E-state index is -4.22. The lowest BCUT2D eigenvalue weighted by molar-refractivity contribution is -0.111. The lowest BCUT2D eigenvalue weighted by atomic mass is 10.1. The van der Waals surface area contributed by atoms with E-state index in [1.54, 1.807) is 32.9 Å². The summed E-state index contributed by atoms with van der Waals surface area (Å²) in [5.74, 6) is 0.0216. The van der Waals surface area contributed by atoms with Gasteiger partial charge in [-0.2, -0.15) is 4.31 Å². The molecule has 25 heavy (non-hydrogen) atoms. The Bertz CT molecular complexity index is 702. The first-order valence-electron chi connectivity index (χ1n) is 8.18. The zero-order valence-electron chi connectivity index (χ0n) is 15.6. The highest BCUT2D eigenvalue weighted by atomic mass is 32.2. The van der Waals surface area contributed by atoms with Gasteiger partial charge in [-0.1, -0.05) is 31.5 Å². The first kappa shape index (κ1) is 21.2. The SMILES string of the molecule is Cc1ccc(S(=O)(=O)N(C(=O)OC(C)(C)C)[C@@H](C=O)CC(C)C)cc1. The number of ether oxygens (including phenoxy) is 1. The van der Waals surface area contributed by atoms with Gasteiger partial charge >= 0.3 is 6.09 Å². The average molecular weight is 369 g/mol. The minimum Gasteiger partial charge on any atom is -0.443 e. The Morgan fingerprint density at radius 3 is 2.12 bits per heavy atom. The smallest absolute Gasteiger partial charge is 0.425 e. The molecule has 0 aliphatic rings. The van der Waals surface area contributed by atoms with E-state index in [9.17, 15) is 18.0 Å². The van der Waals surface area contributed by atoms with Crippen LogP contribution in [0.15, 0.2) is 29.2 Å². The van der Waals surface area contributed by atoms with E-state index in [4.69, 9.17) is 4.74 Å². The number of aldehydes is 1. The van der Waals surface area contributed by atoms with E-state index in [2.05, 4.69) is 0 Å². The van der Waals surface area contributed by atoms with Gasteiger partial charge in [-0.3, -0.25) is 0 Å². The van der Waals surface area contributed by atoms with Crippen LogP contribution >= 0.6 is 0 Å². The maximum absolute atomic E-state index is 13.0. The Morgan fingerprint density at radius 2 is 1.72 bits per heavy atom. The third kappa shape index (κ3) is 5.85. The summed E-state index contributed by atoms with van der Waals surface area (Å²) in [5.41, 5.74) is 0.000484. The summed E-state index contributed by atoms with van der Waals surface area (Å²) in [7, 11) is -4.22. The maximum Gasteiger partial charge on any atom is 0.425 e. The van der Waals surface area contributed by atoms with Gasteiger partial charge in [-0.05, 0) is 52.2 Å². The molecule has 0 aliphatic carbocycles. The van der Waals surface area contributed by atoms with Crippen molar-refractivity contribution in [1.29, 1.82) is 0 Å². The summed E-state index contributed by atoms with van der Waals surface area (Å²) in [6.07, 6.45) is -0.352. The predicted molar refractivity (Wildman–Crippen MR) is 95.7 cm³/mol. The van der Waals surface area contributed by atoms with Gasteiger partial charge in [-0.25, -0.2) is 13.2 Å². The second-order valence-electron chi connectivity index (χ2n) is 7.43. The quantitative estimate of drug-likeness (QED) is 0.717. The summed E-state index contributed by atoms with van der Waals surface area (Å²) in [6.45, 7) is 10.4. The van der Waals surface area contributed by atoms with E-state index in [1.165, 1.54) is 12.1 Å². The van der Waals surface area contributed by atoms with E-state index in [1.807, 2.05) is 20.8 Å². The molecule has 0 saturated heterocycles. The molecule has 1 aromatic rings. The first-order valence-corrected chi connectivity index (χ1v) is 9.62. The molecule has 6 nitrogen and oxygen atoms in total. The van der Waals surface area contributed by atoms with Gasteiger partial charge in [-0.15, -0.1) is 0 Å². The third-order valence-electron chi connectivity index (χ3n) is 3.32. The molecular weight excluding hydrogens is 342 g/mol. The van der Waals surface area contributed by atoms with Gasteiger partial charge in [0.15, 0.2) is 0 Å². The summed E-state index contributed by atoms with van der Waals surface area (Å²) in [5, 5.41) is 0. The fourth-order valence-electron chi connectivity index (χ4n) is 2.23. The van der Waals surface area contributed by atoms with Crippen LogP contribution in [0, 0.1) is 12.8 Å². The first-order chi connectivity index (χ1) is 11.4. The van der Waals surface area contributed by atoms with E-state index in [0.29, 0.717) is 10.6 Å². The molecule has 1 aromatic carbocycles. The molecule has 0 saturated carbocycles. The molecule has 0 aliphatic heterocycles. The van der Waals surface area contributed by atoms with Gasteiger partial charge < -0.3 is 9.53 Å². The number of carbonyl (C=O) groups is 2. The molecule has 0 N–H and O–H groups in total. The number of nitrogens with zero attached hydrogens (tertiary/aromatic N) is 1. The van der Waals surface area contributed by atoms with Crippen LogP contribution < -0.4 is 0 Å². The topological polar surface area (TPSA) is 80.8 Å². The number of hydrogen-bond donors (Lipinski definition) is 0. The minimum absolute atomic E-state index is 0.0216. The molecule has 1 rings (SSSR count). The van der Waals surface area contributed by atoms with E-state index >= 15 is 0 Å². The molecular formula is C18H27NO5S. The van der Waals surface area contributed by atoms with Crippen molar-refractivity contribution in [3.8, 4) is 0 Å². The van der Waals surface area contributed by atoms with Crippen LogP contribution in [0.3, 0.4) is 0 Å². The second kappa shape index (κ2) is 7.99. The highest BCUT2D eigenvalue weighted by Crippen LogP contribution is 2.24. The monoisotopic (exact) mass is 369 g/mol. The normalized spacial score (nSPS) is 13.4. The van der Waals surface area contributed by atoms with E-state index in [0.717, 1.165) is 5.56 Å². The highest BCUT2D eigenvalue weighted by Gasteiger charge is 2.38. The number of aryl methyl sites for hydroxylation is 1. The predicted octanol–water partition coefficient (Wildman–Crippen LogP) is 3.53. The Hall–Kier alpha value is -1.89. The summed E-state index contributed by atoms with van der Waals surface area (Å²) in [4.78, 5) is 24.1. The van der Waals surface area contributed by atoms with Crippen LogP contribution in [-0.4, -0.2) is 36.7 Å². The highest BCUT2D eigenvalue weighted by molar-refractivity contribution is 7.89. The van der Waals surface area contributed by atoms with Crippen molar-refractivity contribution < 1.29 is 22.7 Å². The summed E-state index contributed by atoms with van der Waals surface area (Å²) in [6, 6.07) is 4.98.